The topological polar surface area (TPSA) is 130 Å². The van der Waals surface area contributed by atoms with Crippen molar-refractivity contribution in [1.82, 2.24) is 10.2 Å². The summed E-state index contributed by atoms with van der Waals surface area (Å²) in [5.74, 6) is -1.02. The van der Waals surface area contributed by atoms with E-state index in [4.69, 9.17) is 0 Å². The third-order valence-corrected chi connectivity index (χ3v) is 8.21. The number of sulfonamides is 1. The summed E-state index contributed by atoms with van der Waals surface area (Å²) in [5.41, 5.74) is 0.0217. The van der Waals surface area contributed by atoms with Crippen LogP contribution in [0.25, 0.3) is 0 Å². The van der Waals surface area contributed by atoms with Crippen molar-refractivity contribution in [3.05, 3.63) is 99.0 Å². The van der Waals surface area contributed by atoms with Gasteiger partial charge in [-0.1, -0.05) is 46.3 Å². The molecule has 10 nitrogen and oxygen atoms in total. The summed E-state index contributed by atoms with van der Waals surface area (Å²) in [6, 6.07) is 18.8. The second-order valence-corrected chi connectivity index (χ2v) is 12.9. The number of non-ortho nitro benzene ring substituents is 1. The molecule has 3 aromatic carbocycles. The van der Waals surface area contributed by atoms with E-state index in [0.717, 1.165) is 14.3 Å². The SMILES string of the molecule is CC(C(=O)NC(C)(C)C)N(Cc1ccc(Br)cc1)C(=O)CN(c1ccc([N+](=O)[O-])cc1)S(=O)(=O)c1ccccc1. The number of hydrogen-bond acceptors (Lipinski definition) is 6. The normalized spacial score (nSPS) is 12.3. The monoisotopic (exact) mass is 630 g/mol. The Morgan fingerprint density at radius 2 is 1.55 bits per heavy atom. The Morgan fingerprint density at radius 3 is 2.08 bits per heavy atom. The molecule has 212 valence electrons. The van der Waals surface area contributed by atoms with Crippen molar-refractivity contribution in [3.63, 3.8) is 0 Å². The third kappa shape index (κ3) is 7.89. The summed E-state index contributed by atoms with van der Waals surface area (Å²) < 4.78 is 29.2. The zero-order valence-corrected chi connectivity index (χ0v) is 25.0. The van der Waals surface area contributed by atoms with Gasteiger partial charge in [0.05, 0.1) is 15.5 Å². The highest BCUT2D eigenvalue weighted by Crippen LogP contribution is 2.26. The molecule has 0 aliphatic heterocycles. The molecule has 0 aliphatic carbocycles. The number of anilines is 1. The van der Waals surface area contributed by atoms with E-state index in [9.17, 15) is 28.1 Å². The fraction of sp³-hybridized carbons (Fsp3) is 0.286. The number of nitro groups is 1. The lowest BCUT2D eigenvalue weighted by Crippen LogP contribution is -2.54. The number of carbonyl (C=O) groups excluding carboxylic acids is 2. The molecular weight excluding hydrogens is 600 g/mol. The van der Waals surface area contributed by atoms with E-state index in [2.05, 4.69) is 21.2 Å². The average Bonchev–Trinajstić information content (AvgIpc) is 2.90. The molecule has 0 aliphatic rings. The second kappa shape index (κ2) is 12.6. The quantitative estimate of drug-likeness (QED) is 0.251. The van der Waals surface area contributed by atoms with E-state index in [1.165, 1.54) is 41.3 Å². The Kier molecular flexibility index (Phi) is 9.69. The number of halogens is 1. The van der Waals surface area contributed by atoms with E-state index >= 15 is 0 Å². The molecule has 2 amide bonds. The number of benzene rings is 3. The molecule has 1 atom stereocenters. The van der Waals surface area contributed by atoms with Gasteiger partial charge in [-0.25, -0.2) is 8.42 Å². The van der Waals surface area contributed by atoms with Crippen LogP contribution in [0.1, 0.15) is 33.3 Å². The summed E-state index contributed by atoms with van der Waals surface area (Å²) in [4.78, 5) is 38.8. The molecule has 0 aromatic heterocycles. The molecule has 0 saturated heterocycles. The smallest absolute Gasteiger partial charge is 0.269 e. The van der Waals surface area contributed by atoms with Gasteiger partial charge in [-0.2, -0.15) is 0 Å². The zero-order valence-electron chi connectivity index (χ0n) is 22.6. The average molecular weight is 632 g/mol. The van der Waals surface area contributed by atoms with Crippen LogP contribution in [0.3, 0.4) is 0 Å². The Balaban J connectivity index is 2.04. The summed E-state index contributed by atoms with van der Waals surface area (Å²) in [7, 11) is -4.26. The van der Waals surface area contributed by atoms with Gasteiger partial charge in [0.25, 0.3) is 15.7 Å². The Bertz CT molecular complexity index is 1460. The van der Waals surface area contributed by atoms with Gasteiger partial charge in [0, 0.05) is 28.7 Å². The van der Waals surface area contributed by atoms with Crippen LogP contribution in [0.5, 0.6) is 0 Å². The van der Waals surface area contributed by atoms with Gasteiger partial charge in [-0.15, -0.1) is 0 Å². The summed E-state index contributed by atoms with van der Waals surface area (Å²) in [6.45, 7) is 6.45. The minimum Gasteiger partial charge on any atom is -0.350 e. The number of amides is 2. The molecule has 1 N–H and O–H groups in total. The van der Waals surface area contributed by atoms with Gasteiger partial charge in [0.1, 0.15) is 12.6 Å². The van der Waals surface area contributed by atoms with Crippen LogP contribution in [0.4, 0.5) is 11.4 Å². The van der Waals surface area contributed by atoms with Crippen LogP contribution >= 0.6 is 15.9 Å². The first-order valence-corrected chi connectivity index (χ1v) is 14.6. The van der Waals surface area contributed by atoms with Gasteiger partial charge in [-0.3, -0.25) is 24.0 Å². The van der Waals surface area contributed by atoms with Crippen LogP contribution in [-0.4, -0.2) is 48.2 Å². The molecule has 0 radical (unpaired) electrons. The molecule has 3 rings (SSSR count). The van der Waals surface area contributed by atoms with Crippen LogP contribution in [0.15, 0.2) is 88.2 Å². The molecule has 1 unspecified atom stereocenters. The van der Waals surface area contributed by atoms with Crippen molar-refractivity contribution in [2.75, 3.05) is 10.8 Å². The van der Waals surface area contributed by atoms with Crippen molar-refractivity contribution in [2.24, 2.45) is 0 Å². The molecule has 0 heterocycles. The molecule has 3 aromatic rings. The van der Waals surface area contributed by atoms with Crippen LogP contribution in [0, 0.1) is 10.1 Å². The lowest BCUT2D eigenvalue weighted by atomic mass is 10.1. The fourth-order valence-electron chi connectivity index (χ4n) is 3.83. The Morgan fingerprint density at radius 1 is 0.975 bits per heavy atom. The van der Waals surface area contributed by atoms with Gasteiger partial charge in [0.2, 0.25) is 11.8 Å². The largest absolute Gasteiger partial charge is 0.350 e. The number of nitro benzene ring substituents is 1. The predicted octanol–water partition coefficient (Wildman–Crippen LogP) is 4.88. The minimum absolute atomic E-state index is 0.0460. The number of nitrogens with one attached hydrogen (secondary N) is 1. The summed E-state index contributed by atoms with van der Waals surface area (Å²) in [6.07, 6.45) is 0. The Labute approximate surface area is 242 Å². The summed E-state index contributed by atoms with van der Waals surface area (Å²) >= 11 is 3.38. The van der Waals surface area contributed by atoms with Crippen molar-refractivity contribution in [3.8, 4) is 0 Å². The lowest BCUT2D eigenvalue weighted by molar-refractivity contribution is -0.384. The first kappa shape index (κ1) is 30.8. The second-order valence-electron chi connectivity index (χ2n) is 10.2. The van der Waals surface area contributed by atoms with Crippen LogP contribution in [-0.2, 0) is 26.2 Å². The van der Waals surface area contributed by atoms with Gasteiger partial charge < -0.3 is 10.2 Å². The summed E-state index contributed by atoms with van der Waals surface area (Å²) in [5, 5.41) is 14.0. The van der Waals surface area contributed by atoms with Crippen molar-refractivity contribution >= 4 is 49.1 Å². The highest BCUT2D eigenvalue weighted by Gasteiger charge is 2.33. The van der Waals surface area contributed by atoms with Crippen molar-refractivity contribution < 1.29 is 22.9 Å². The third-order valence-electron chi connectivity index (χ3n) is 5.89. The molecule has 0 saturated carbocycles. The predicted molar refractivity (Wildman–Crippen MR) is 156 cm³/mol. The van der Waals surface area contributed by atoms with Gasteiger partial charge in [-0.05, 0) is 69.7 Å². The maximum absolute atomic E-state index is 13.9. The van der Waals surface area contributed by atoms with Crippen LogP contribution < -0.4 is 9.62 Å². The number of hydrogen-bond donors (Lipinski definition) is 1. The van der Waals surface area contributed by atoms with Gasteiger partial charge >= 0.3 is 0 Å². The van der Waals surface area contributed by atoms with E-state index in [0.29, 0.717) is 0 Å². The van der Waals surface area contributed by atoms with Crippen molar-refractivity contribution in [2.45, 2.75) is 50.7 Å². The first-order chi connectivity index (χ1) is 18.7. The molecular formula is C28H31BrN4O6S. The number of rotatable bonds is 10. The number of carbonyl (C=O) groups is 2. The molecule has 12 heteroatoms. The van der Waals surface area contributed by atoms with E-state index in [1.807, 2.05) is 20.8 Å². The number of nitrogens with zero attached hydrogens (tertiary/aromatic N) is 3. The van der Waals surface area contributed by atoms with Gasteiger partial charge in [0.15, 0.2) is 0 Å². The molecule has 40 heavy (non-hydrogen) atoms. The standard InChI is InChI=1S/C28H31BrN4O6S/c1-20(27(35)30-28(2,3)4)31(18-21-10-12-22(29)13-11-21)26(34)19-32(23-14-16-24(17-15-23)33(36)37)40(38,39)25-8-6-5-7-9-25/h5-17,20H,18-19H2,1-4H3,(H,30,35). The maximum Gasteiger partial charge on any atom is 0.269 e. The van der Waals surface area contributed by atoms with E-state index in [-0.39, 0.29) is 22.8 Å². The molecule has 0 spiro atoms. The maximum atomic E-state index is 13.9. The zero-order chi connectivity index (χ0) is 29.7. The Hall–Kier alpha value is -3.77. The highest BCUT2D eigenvalue weighted by atomic mass is 79.9. The molecule has 0 fully saturated rings. The van der Waals surface area contributed by atoms with Crippen LogP contribution in [0.2, 0.25) is 0 Å². The van der Waals surface area contributed by atoms with E-state index < -0.39 is 44.9 Å². The minimum atomic E-state index is -4.26. The van der Waals surface area contributed by atoms with Crippen molar-refractivity contribution in [1.29, 1.82) is 0 Å². The lowest BCUT2D eigenvalue weighted by Gasteiger charge is -2.33. The highest BCUT2D eigenvalue weighted by molar-refractivity contribution is 9.10. The van der Waals surface area contributed by atoms with E-state index in [1.54, 1.807) is 49.4 Å². The first-order valence-electron chi connectivity index (χ1n) is 12.4. The molecule has 0 bridgehead atoms. The fourth-order valence-corrected chi connectivity index (χ4v) is 5.53.